The summed E-state index contributed by atoms with van der Waals surface area (Å²) in [7, 11) is 0. The van der Waals surface area contributed by atoms with E-state index in [1.807, 2.05) is 6.07 Å². The lowest BCUT2D eigenvalue weighted by molar-refractivity contribution is 0.210. The minimum Gasteiger partial charge on any atom is -0.338 e. The van der Waals surface area contributed by atoms with Crippen molar-refractivity contribution in [1.82, 2.24) is 15.0 Å². The molecular weight excluding hydrogens is 269 g/mol. The van der Waals surface area contributed by atoms with Crippen LogP contribution in [0.2, 0.25) is 0 Å². The molecule has 0 spiro atoms. The van der Waals surface area contributed by atoms with E-state index >= 15 is 0 Å². The predicted octanol–water partition coefficient (Wildman–Crippen LogP) is 3.11. The highest BCUT2D eigenvalue weighted by Gasteiger charge is 2.19. The van der Waals surface area contributed by atoms with Crippen LogP contribution in [0.1, 0.15) is 42.6 Å². The Morgan fingerprint density at radius 1 is 1.33 bits per heavy atom. The first-order valence-corrected chi connectivity index (χ1v) is 7.55. The molecule has 0 atom stereocenters. The van der Waals surface area contributed by atoms with Gasteiger partial charge >= 0.3 is 0 Å². The van der Waals surface area contributed by atoms with E-state index in [-0.39, 0.29) is 5.82 Å². The first kappa shape index (κ1) is 14.2. The van der Waals surface area contributed by atoms with Crippen LogP contribution in [-0.4, -0.2) is 21.6 Å². The lowest BCUT2D eigenvalue weighted by Gasteiger charge is -2.27. The van der Waals surface area contributed by atoms with Crippen LogP contribution >= 0.6 is 0 Å². The minimum absolute atomic E-state index is 0.171. The number of hydrogen-bond acceptors (Lipinski definition) is 4. The molecule has 112 valence electrons. The molecule has 1 aromatic carbocycles. The summed E-state index contributed by atoms with van der Waals surface area (Å²) in [5.74, 6) is 1.27. The Labute approximate surface area is 124 Å². The van der Waals surface area contributed by atoms with E-state index in [9.17, 15) is 4.39 Å². The van der Waals surface area contributed by atoms with E-state index in [4.69, 9.17) is 4.52 Å². The maximum Gasteiger partial charge on any atom is 0.240 e. The Hall–Kier alpha value is -1.75. The summed E-state index contributed by atoms with van der Waals surface area (Å²) in [5, 5.41) is 4.00. The topological polar surface area (TPSA) is 42.2 Å². The van der Waals surface area contributed by atoms with Gasteiger partial charge in [0, 0.05) is 19.5 Å². The van der Waals surface area contributed by atoms with Gasteiger partial charge < -0.3 is 4.52 Å². The Morgan fingerprint density at radius 3 is 3.10 bits per heavy atom. The summed E-state index contributed by atoms with van der Waals surface area (Å²) in [5.41, 5.74) is 2.30. The fraction of sp³-hybridized carbons (Fsp3) is 0.500. The molecule has 0 radical (unpaired) electrons. The quantitative estimate of drug-likeness (QED) is 0.848. The van der Waals surface area contributed by atoms with Gasteiger partial charge in [0.05, 0.1) is 6.54 Å². The molecule has 0 amide bonds. The van der Waals surface area contributed by atoms with E-state index in [2.05, 4.69) is 22.0 Å². The molecule has 1 aliphatic heterocycles. The van der Waals surface area contributed by atoms with E-state index in [1.165, 1.54) is 11.6 Å². The van der Waals surface area contributed by atoms with Crippen LogP contribution in [0.15, 0.2) is 22.7 Å². The van der Waals surface area contributed by atoms with Crippen LogP contribution in [-0.2, 0) is 25.9 Å². The van der Waals surface area contributed by atoms with Gasteiger partial charge in [-0.25, -0.2) is 4.39 Å². The second-order valence-corrected chi connectivity index (χ2v) is 5.58. The van der Waals surface area contributed by atoms with Gasteiger partial charge in [0.25, 0.3) is 0 Å². The molecule has 5 heteroatoms. The van der Waals surface area contributed by atoms with Crippen molar-refractivity contribution in [1.29, 1.82) is 0 Å². The molecule has 2 heterocycles. The molecule has 1 aromatic heterocycles. The first-order valence-electron chi connectivity index (χ1n) is 7.55. The number of benzene rings is 1. The average molecular weight is 289 g/mol. The Morgan fingerprint density at radius 2 is 2.24 bits per heavy atom. The second kappa shape index (κ2) is 6.35. The molecular formula is C16H20FN3O. The fourth-order valence-corrected chi connectivity index (χ4v) is 2.70. The molecule has 0 saturated carbocycles. The van der Waals surface area contributed by atoms with Crippen molar-refractivity contribution in [3.05, 3.63) is 46.9 Å². The van der Waals surface area contributed by atoms with Crippen molar-refractivity contribution in [2.45, 2.75) is 45.7 Å². The van der Waals surface area contributed by atoms with Crippen LogP contribution in [0.25, 0.3) is 0 Å². The van der Waals surface area contributed by atoms with Crippen LogP contribution in [0.5, 0.6) is 0 Å². The van der Waals surface area contributed by atoms with E-state index in [0.717, 1.165) is 50.2 Å². The maximum absolute atomic E-state index is 13.3. The summed E-state index contributed by atoms with van der Waals surface area (Å²) in [6.45, 7) is 4.45. The maximum atomic E-state index is 13.3. The fourth-order valence-electron chi connectivity index (χ4n) is 2.70. The molecule has 3 rings (SSSR count). The van der Waals surface area contributed by atoms with Crippen molar-refractivity contribution in [2.24, 2.45) is 0 Å². The lowest BCUT2D eigenvalue weighted by Crippen LogP contribution is -2.30. The van der Waals surface area contributed by atoms with Gasteiger partial charge in [0.1, 0.15) is 5.82 Å². The molecule has 21 heavy (non-hydrogen) atoms. The zero-order chi connectivity index (χ0) is 14.7. The summed E-state index contributed by atoms with van der Waals surface area (Å²) < 4.78 is 18.6. The lowest BCUT2D eigenvalue weighted by atomic mass is 10.00. The summed E-state index contributed by atoms with van der Waals surface area (Å²) in [6, 6.07) is 5.05. The number of aryl methyl sites for hydroxylation is 1. The van der Waals surface area contributed by atoms with Gasteiger partial charge in [-0.15, -0.1) is 0 Å². The largest absolute Gasteiger partial charge is 0.338 e. The number of hydrogen-bond donors (Lipinski definition) is 0. The van der Waals surface area contributed by atoms with Gasteiger partial charge in [0.2, 0.25) is 5.89 Å². The third-order valence-electron chi connectivity index (χ3n) is 3.88. The van der Waals surface area contributed by atoms with Crippen molar-refractivity contribution in [3.63, 3.8) is 0 Å². The van der Waals surface area contributed by atoms with Crippen LogP contribution in [0.3, 0.4) is 0 Å². The number of fused-ring (bicyclic) bond motifs is 1. The summed E-state index contributed by atoms with van der Waals surface area (Å²) >= 11 is 0. The van der Waals surface area contributed by atoms with Gasteiger partial charge in [-0.1, -0.05) is 24.6 Å². The molecule has 2 aromatic rings. The van der Waals surface area contributed by atoms with Crippen LogP contribution in [0.4, 0.5) is 4.39 Å². The summed E-state index contributed by atoms with van der Waals surface area (Å²) in [6.07, 6.45) is 4.01. The normalized spacial score (nSPS) is 15.1. The summed E-state index contributed by atoms with van der Waals surface area (Å²) in [4.78, 5) is 6.64. The zero-order valence-corrected chi connectivity index (χ0v) is 12.3. The zero-order valence-electron chi connectivity index (χ0n) is 12.3. The standard InChI is InChI=1S/C16H20FN3O/c1-2-3-4-15-18-16(21-19-15)11-20-8-7-12-5-6-14(17)9-13(12)10-20/h5-6,9H,2-4,7-8,10-11H2,1H3. The molecule has 0 saturated heterocycles. The number of rotatable bonds is 5. The Balaban J connectivity index is 1.62. The van der Waals surface area contributed by atoms with Gasteiger partial charge in [-0.05, 0) is 36.1 Å². The van der Waals surface area contributed by atoms with Crippen molar-refractivity contribution >= 4 is 0 Å². The number of halogens is 1. The molecule has 4 nitrogen and oxygen atoms in total. The van der Waals surface area contributed by atoms with Crippen LogP contribution in [0, 0.1) is 5.82 Å². The Bertz CT molecular complexity index is 611. The van der Waals surface area contributed by atoms with E-state index < -0.39 is 0 Å². The monoisotopic (exact) mass is 289 g/mol. The number of aromatic nitrogens is 2. The van der Waals surface area contributed by atoms with Gasteiger partial charge in [-0.2, -0.15) is 4.98 Å². The first-order chi connectivity index (χ1) is 10.2. The van der Waals surface area contributed by atoms with E-state index in [0.29, 0.717) is 12.4 Å². The van der Waals surface area contributed by atoms with Gasteiger partial charge in [-0.3, -0.25) is 4.90 Å². The molecule has 0 fully saturated rings. The highest BCUT2D eigenvalue weighted by atomic mass is 19.1. The van der Waals surface area contributed by atoms with E-state index in [1.54, 1.807) is 6.07 Å². The third kappa shape index (κ3) is 3.47. The van der Waals surface area contributed by atoms with Crippen LogP contribution < -0.4 is 0 Å². The van der Waals surface area contributed by atoms with Crippen molar-refractivity contribution < 1.29 is 8.91 Å². The van der Waals surface area contributed by atoms with Crippen molar-refractivity contribution in [2.75, 3.05) is 6.54 Å². The highest BCUT2D eigenvalue weighted by Crippen LogP contribution is 2.21. The predicted molar refractivity (Wildman–Crippen MR) is 77.1 cm³/mol. The highest BCUT2D eigenvalue weighted by molar-refractivity contribution is 5.29. The Kier molecular flexibility index (Phi) is 4.29. The van der Waals surface area contributed by atoms with Gasteiger partial charge in [0.15, 0.2) is 5.82 Å². The molecule has 1 aliphatic rings. The number of nitrogens with zero attached hydrogens (tertiary/aromatic N) is 3. The smallest absolute Gasteiger partial charge is 0.240 e. The molecule has 0 unspecified atom stereocenters. The second-order valence-electron chi connectivity index (χ2n) is 5.58. The minimum atomic E-state index is -0.171. The third-order valence-corrected chi connectivity index (χ3v) is 3.88. The SMILES string of the molecule is CCCCc1noc(CN2CCc3ccc(F)cc3C2)n1. The number of unbranched alkanes of at least 4 members (excludes halogenated alkanes) is 1. The average Bonchev–Trinajstić information content (AvgIpc) is 2.92. The molecule has 0 N–H and O–H groups in total. The molecule has 0 aliphatic carbocycles. The molecule has 0 bridgehead atoms. The van der Waals surface area contributed by atoms with Crippen molar-refractivity contribution in [3.8, 4) is 0 Å².